The van der Waals surface area contributed by atoms with Gasteiger partial charge in [0.05, 0.1) is 30.3 Å². The van der Waals surface area contributed by atoms with Crippen molar-refractivity contribution in [2.24, 2.45) is 12.8 Å². The largest absolute Gasteiger partial charge is 0.465 e. The van der Waals surface area contributed by atoms with E-state index in [1.807, 2.05) is 116 Å². The number of hydrogen-bond donors (Lipinski definition) is 5. The zero-order chi connectivity index (χ0) is 52.8. The van der Waals surface area contributed by atoms with Gasteiger partial charge in [0, 0.05) is 86.0 Å². The van der Waals surface area contributed by atoms with Gasteiger partial charge in [0.2, 0.25) is 17.8 Å². The summed E-state index contributed by atoms with van der Waals surface area (Å²) in [6.45, 7) is 6.22. The lowest BCUT2D eigenvalue weighted by Gasteiger charge is -2.48. The Kier molecular flexibility index (Phi) is 13.5. The number of carbonyl (C=O) groups is 4. The smallest absolute Gasteiger partial charge is 0.407 e. The third-order valence-corrected chi connectivity index (χ3v) is 15.8. The summed E-state index contributed by atoms with van der Waals surface area (Å²) >= 11 is 0. The van der Waals surface area contributed by atoms with Gasteiger partial charge in [-0.1, -0.05) is 84.9 Å². The van der Waals surface area contributed by atoms with E-state index in [-0.39, 0.29) is 48.9 Å². The first-order valence-electron chi connectivity index (χ1n) is 26.2. The maximum absolute atomic E-state index is 14.7. The van der Waals surface area contributed by atoms with Crippen LogP contribution >= 0.6 is 0 Å². The number of alkyl carbamates (subject to hydrolysis) is 1. The summed E-state index contributed by atoms with van der Waals surface area (Å²) in [6, 6.07) is 32.1. The molecule has 3 fully saturated rings. The second kappa shape index (κ2) is 20.6. The molecule has 5 heterocycles. The number of anilines is 1. The minimum absolute atomic E-state index is 0.00307. The van der Waals surface area contributed by atoms with Gasteiger partial charge in [-0.05, 0) is 91.1 Å². The van der Waals surface area contributed by atoms with E-state index in [0.29, 0.717) is 59.8 Å². The summed E-state index contributed by atoms with van der Waals surface area (Å²) in [6.07, 6.45) is 4.23. The number of hydrogen-bond acceptors (Lipinski definition) is 11. The molecule has 4 amide bonds. The van der Waals surface area contributed by atoms with Crippen LogP contribution in [0.2, 0.25) is 0 Å². The molecule has 2 aliphatic heterocycles. The number of nitrogens with two attached hydrogens (primary N) is 1. The molecule has 11 rings (SSSR count). The highest BCUT2D eigenvalue weighted by molar-refractivity contribution is 5.98. The monoisotopic (exact) mass is 1030 g/mol. The lowest BCUT2D eigenvalue weighted by Crippen LogP contribution is -2.61. The first kappa shape index (κ1) is 50.1. The van der Waals surface area contributed by atoms with Crippen molar-refractivity contribution in [3.05, 3.63) is 148 Å². The molecule has 0 bridgehead atoms. The standard InChI is InChI=1S/C58H62N10O8/c1-34-30-68(57(73)74)35(2)29-67(34)38-22-25-66(26-23-38)55-62-48-20-17-36(46-31-65(3)54(71)51-44(46)21-24-60-51)27-45(48)52(64-55)58(76-39-18-19-39,37-11-5-4-6-12-37)33-61-53(70)49(28-50(59)69)63-56(72)75-32-47-42-15-9-7-13-40(42)41-14-8-10-16-43(41)47/h4-17,20-21,24,27,31,34-35,38-39,47,49,60H,18-19,22-23,25-26,28-30,32-33H2,1-3H3,(H2,59,69)(H,61,70)(H,63,72)(H,73,74)/t34-,35+,49-,58-/m0/s1. The number of aromatic nitrogens is 4. The highest BCUT2D eigenvalue weighted by Crippen LogP contribution is 2.46. The summed E-state index contributed by atoms with van der Waals surface area (Å²) in [4.78, 5) is 86.3. The van der Waals surface area contributed by atoms with Crippen LogP contribution in [0.25, 0.3) is 44.1 Å². The van der Waals surface area contributed by atoms with E-state index < -0.39 is 42.1 Å². The fraction of sp³-hybridized carbons (Fsp3) is 0.362. The van der Waals surface area contributed by atoms with Crippen LogP contribution in [0, 0.1) is 0 Å². The predicted molar refractivity (Wildman–Crippen MR) is 288 cm³/mol. The van der Waals surface area contributed by atoms with Crippen LogP contribution in [-0.2, 0) is 31.7 Å². The summed E-state index contributed by atoms with van der Waals surface area (Å²) < 4.78 is 14.7. The number of piperidine rings is 1. The number of rotatable bonds is 15. The second-order valence-corrected chi connectivity index (χ2v) is 20.8. The fourth-order valence-corrected chi connectivity index (χ4v) is 11.8. The van der Waals surface area contributed by atoms with Crippen molar-refractivity contribution in [1.82, 2.24) is 40.0 Å². The molecule has 2 aliphatic carbocycles. The van der Waals surface area contributed by atoms with Gasteiger partial charge in [0.15, 0.2) is 5.60 Å². The molecule has 7 aromatic rings. The zero-order valence-electron chi connectivity index (χ0n) is 42.8. The Morgan fingerprint density at radius 2 is 1.54 bits per heavy atom. The number of carbonyl (C=O) groups excluding carboxylic acids is 3. The molecule has 18 nitrogen and oxygen atoms in total. The van der Waals surface area contributed by atoms with Gasteiger partial charge in [-0.3, -0.25) is 19.3 Å². The molecule has 392 valence electrons. The Balaban J connectivity index is 0.943. The number of amides is 4. The topological polar surface area (TPSA) is 230 Å². The van der Waals surface area contributed by atoms with E-state index in [1.165, 1.54) is 4.90 Å². The SMILES string of the molecule is C[C@@H]1CN(C2CCN(c3nc([C@@](CNC(=O)[C@H](CC(N)=O)NC(=O)OCC4c5ccccc5-c5ccccc54)(OC4CC4)c4ccccc4)c4cc(-c5cn(C)c(=O)c6[nH]ccc56)ccc4n3)CC2)[C@@H](C)CN1C(=O)O. The number of nitrogens with zero attached hydrogens (tertiary/aromatic N) is 6. The van der Waals surface area contributed by atoms with Gasteiger partial charge >= 0.3 is 12.2 Å². The van der Waals surface area contributed by atoms with Crippen LogP contribution in [0.3, 0.4) is 0 Å². The van der Waals surface area contributed by atoms with Gasteiger partial charge < -0.3 is 50.3 Å². The van der Waals surface area contributed by atoms with E-state index >= 15 is 0 Å². The van der Waals surface area contributed by atoms with Gasteiger partial charge in [-0.2, -0.15) is 0 Å². The van der Waals surface area contributed by atoms with Crippen molar-refractivity contribution >= 4 is 51.8 Å². The van der Waals surface area contributed by atoms with Gasteiger partial charge in [-0.25, -0.2) is 19.6 Å². The number of piperazine rings is 1. The minimum Gasteiger partial charge on any atom is -0.465 e. The highest BCUT2D eigenvalue weighted by atomic mass is 16.5. The number of fused-ring (bicyclic) bond motifs is 5. The number of aromatic amines is 1. The van der Waals surface area contributed by atoms with Crippen molar-refractivity contribution in [1.29, 1.82) is 0 Å². The number of carboxylic acid groups (broad SMARTS) is 1. The first-order valence-corrected chi connectivity index (χ1v) is 26.2. The van der Waals surface area contributed by atoms with E-state index in [1.54, 1.807) is 17.8 Å². The Morgan fingerprint density at radius 3 is 2.22 bits per heavy atom. The molecule has 1 saturated carbocycles. The lowest BCUT2D eigenvalue weighted by atomic mass is 9.86. The molecule has 0 radical (unpaired) electrons. The normalized spacial score (nSPS) is 19.2. The highest BCUT2D eigenvalue weighted by Gasteiger charge is 2.46. The average molecular weight is 1030 g/mol. The molecule has 4 atom stereocenters. The first-order chi connectivity index (χ1) is 36.8. The van der Waals surface area contributed by atoms with Gasteiger partial charge in [0.1, 0.15) is 18.2 Å². The number of primary amides is 1. The van der Waals surface area contributed by atoms with E-state index in [2.05, 4.69) is 32.3 Å². The van der Waals surface area contributed by atoms with E-state index in [0.717, 1.165) is 64.5 Å². The van der Waals surface area contributed by atoms with Crippen LogP contribution in [0.5, 0.6) is 0 Å². The third kappa shape index (κ3) is 9.62. The number of aryl methyl sites for hydroxylation is 1. The Labute approximate surface area is 439 Å². The molecule has 0 spiro atoms. The fourth-order valence-electron chi connectivity index (χ4n) is 11.8. The molecular formula is C58H62N10O8. The molecule has 18 heteroatoms. The number of ether oxygens (including phenoxy) is 2. The molecule has 4 aromatic carbocycles. The van der Waals surface area contributed by atoms with Gasteiger partial charge in [0.25, 0.3) is 5.56 Å². The van der Waals surface area contributed by atoms with Crippen LogP contribution in [0.15, 0.2) is 120 Å². The van der Waals surface area contributed by atoms with Gasteiger partial charge in [-0.15, -0.1) is 0 Å². The van der Waals surface area contributed by atoms with Crippen LogP contribution < -0.4 is 26.8 Å². The van der Waals surface area contributed by atoms with Crippen molar-refractivity contribution in [3.8, 4) is 22.3 Å². The summed E-state index contributed by atoms with van der Waals surface area (Å²) in [7, 11) is 1.72. The van der Waals surface area contributed by atoms with E-state index in [9.17, 15) is 29.1 Å². The molecular weight excluding hydrogens is 965 g/mol. The molecule has 3 aromatic heterocycles. The maximum Gasteiger partial charge on any atom is 0.407 e. The quantitative estimate of drug-likeness (QED) is 0.0711. The second-order valence-electron chi connectivity index (χ2n) is 20.8. The van der Waals surface area contributed by atoms with Crippen LogP contribution in [-0.4, -0.2) is 128 Å². The van der Waals surface area contributed by atoms with Crippen molar-refractivity contribution in [2.75, 3.05) is 44.2 Å². The molecule has 0 unspecified atom stereocenters. The predicted octanol–water partition coefficient (Wildman–Crippen LogP) is 6.84. The molecule has 76 heavy (non-hydrogen) atoms. The average Bonchev–Trinajstić information content (AvgIpc) is 4.07. The Bertz CT molecular complexity index is 3380. The number of benzene rings is 4. The minimum atomic E-state index is -1.46. The molecule has 4 aliphatic rings. The molecule has 2 saturated heterocycles. The van der Waals surface area contributed by atoms with Crippen molar-refractivity contribution < 1.29 is 33.8 Å². The zero-order valence-corrected chi connectivity index (χ0v) is 42.8. The number of H-pyrrole nitrogens is 1. The number of nitrogens with one attached hydrogen (secondary N) is 3. The third-order valence-electron chi connectivity index (χ3n) is 15.8. The maximum atomic E-state index is 14.7. The van der Waals surface area contributed by atoms with E-state index in [4.69, 9.17) is 25.2 Å². The van der Waals surface area contributed by atoms with Crippen molar-refractivity contribution in [2.45, 2.75) is 87.7 Å². The van der Waals surface area contributed by atoms with Crippen molar-refractivity contribution in [3.63, 3.8) is 0 Å². The number of pyridine rings is 1. The van der Waals surface area contributed by atoms with Crippen LogP contribution in [0.1, 0.15) is 74.3 Å². The summed E-state index contributed by atoms with van der Waals surface area (Å²) in [5.74, 6) is -1.23. The summed E-state index contributed by atoms with van der Waals surface area (Å²) in [5.41, 5.74) is 12.2. The Hall–Kier alpha value is -8.09. The molecule has 6 N–H and O–H groups in total. The lowest BCUT2D eigenvalue weighted by molar-refractivity contribution is -0.128. The Morgan fingerprint density at radius 1 is 0.842 bits per heavy atom. The summed E-state index contributed by atoms with van der Waals surface area (Å²) in [5, 5.41) is 17.0. The van der Waals surface area contributed by atoms with Crippen LogP contribution in [0.4, 0.5) is 15.5 Å².